The highest BCUT2D eigenvalue weighted by Crippen LogP contribution is 2.24. The molecule has 3 heterocycles. The van der Waals surface area contributed by atoms with Gasteiger partial charge in [-0.1, -0.05) is 5.21 Å². The Balaban J connectivity index is 1.91. The predicted octanol–water partition coefficient (Wildman–Crippen LogP) is 0.772. The fourth-order valence-corrected chi connectivity index (χ4v) is 2.81. The standard InChI is InChI=1S/C13H21N7/c1-4-20-13-11(16-17-20)12(14-9-15-13)19(3)10-5-7-18(2)8-6-10/h9-10H,4-8H2,1-3H3. The third kappa shape index (κ3) is 2.22. The summed E-state index contributed by atoms with van der Waals surface area (Å²) in [4.78, 5) is 13.3. The second-order valence-electron chi connectivity index (χ2n) is 5.42. The summed E-state index contributed by atoms with van der Waals surface area (Å²) in [5, 5.41) is 8.40. The largest absolute Gasteiger partial charge is 0.355 e. The van der Waals surface area contributed by atoms with Crippen LogP contribution in [0.3, 0.4) is 0 Å². The third-order valence-electron chi connectivity index (χ3n) is 4.15. The van der Waals surface area contributed by atoms with Crippen molar-refractivity contribution in [2.75, 3.05) is 32.1 Å². The van der Waals surface area contributed by atoms with Crippen molar-refractivity contribution in [3.8, 4) is 0 Å². The summed E-state index contributed by atoms with van der Waals surface area (Å²) in [6.45, 7) is 5.07. The van der Waals surface area contributed by atoms with Gasteiger partial charge in [-0.2, -0.15) is 0 Å². The number of hydrogen-bond donors (Lipinski definition) is 0. The van der Waals surface area contributed by atoms with Gasteiger partial charge in [0.05, 0.1) is 0 Å². The third-order valence-corrected chi connectivity index (χ3v) is 4.15. The number of hydrogen-bond acceptors (Lipinski definition) is 6. The van der Waals surface area contributed by atoms with Crippen molar-refractivity contribution in [2.45, 2.75) is 32.4 Å². The Morgan fingerprint density at radius 3 is 2.75 bits per heavy atom. The van der Waals surface area contributed by atoms with E-state index in [1.54, 1.807) is 6.33 Å². The highest BCUT2D eigenvalue weighted by Gasteiger charge is 2.24. The van der Waals surface area contributed by atoms with Crippen LogP contribution >= 0.6 is 0 Å². The first-order chi connectivity index (χ1) is 9.70. The van der Waals surface area contributed by atoms with Gasteiger partial charge in [-0.3, -0.25) is 0 Å². The molecule has 2 aromatic heterocycles. The van der Waals surface area contributed by atoms with Crippen molar-refractivity contribution >= 4 is 17.0 Å². The molecule has 0 aromatic carbocycles. The molecular formula is C13H21N7. The summed E-state index contributed by atoms with van der Waals surface area (Å²) >= 11 is 0. The Labute approximate surface area is 118 Å². The molecule has 1 saturated heterocycles. The minimum atomic E-state index is 0.510. The maximum absolute atomic E-state index is 4.43. The summed E-state index contributed by atoms with van der Waals surface area (Å²) in [5.74, 6) is 0.893. The van der Waals surface area contributed by atoms with Crippen molar-refractivity contribution in [1.29, 1.82) is 0 Å². The van der Waals surface area contributed by atoms with E-state index in [0.29, 0.717) is 6.04 Å². The lowest BCUT2D eigenvalue weighted by atomic mass is 10.0. The van der Waals surface area contributed by atoms with Crippen molar-refractivity contribution in [3.63, 3.8) is 0 Å². The van der Waals surface area contributed by atoms with Gasteiger partial charge in [0.15, 0.2) is 17.0 Å². The SMILES string of the molecule is CCn1nnc2c(N(C)C3CCN(C)CC3)ncnc21. The van der Waals surface area contributed by atoms with Gasteiger partial charge < -0.3 is 9.80 Å². The molecule has 108 valence electrons. The number of aryl methyl sites for hydroxylation is 1. The molecular weight excluding hydrogens is 254 g/mol. The number of aromatic nitrogens is 5. The van der Waals surface area contributed by atoms with Gasteiger partial charge in [-0.25, -0.2) is 14.6 Å². The Hall–Kier alpha value is -1.76. The van der Waals surface area contributed by atoms with E-state index in [1.165, 1.54) is 0 Å². The van der Waals surface area contributed by atoms with Crippen LogP contribution in [0.25, 0.3) is 11.2 Å². The number of rotatable bonds is 3. The van der Waals surface area contributed by atoms with Crippen LogP contribution in [-0.2, 0) is 6.54 Å². The molecule has 3 rings (SSSR count). The molecule has 0 atom stereocenters. The molecule has 7 heteroatoms. The van der Waals surface area contributed by atoms with E-state index in [9.17, 15) is 0 Å². The van der Waals surface area contributed by atoms with Crippen molar-refractivity contribution in [1.82, 2.24) is 29.9 Å². The van der Waals surface area contributed by atoms with Crippen LogP contribution in [0.15, 0.2) is 6.33 Å². The smallest absolute Gasteiger partial charge is 0.183 e. The van der Waals surface area contributed by atoms with Gasteiger partial charge in [0.1, 0.15) is 6.33 Å². The van der Waals surface area contributed by atoms with Crippen LogP contribution in [-0.4, -0.2) is 63.1 Å². The summed E-state index contributed by atoms with van der Waals surface area (Å²) in [6.07, 6.45) is 3.92. The lowest BCUT2D eigenvalue weighted by molar-refractivity contribution is 0.252. The van der Waals surface area contributed by atoms with E-state index in [-0.39, 0.29) is 0 Å². The molecule has 1 aliphatic heterocycles. The molecule has 7 nitrogen and oxygen atoms in total. The topological polar surface area (TPSA) is 63.0 Å². The second kappa shape index (κ2) is 5.32. The highest BCUT2D eigenvalue weighted by molar-refractivity contribution is 5.82. The van der Waals surface area contributed by atoms with Gasteiger partial charge in [0.25, 0.3) is 0 Å². The Morgan fingerprint density at radius 2 is 2.05 bits per heavy atom. The van der Waals surface area contributed by atoms with E-state index in [0.717, 1.165) is 49.5 Å². The van der Waals surface area contributed by atoms with Gasteiger partial charge in [0.2, 0.25) is 0 Å². The van der Waals surface area contributed by atoms with Crippen LogP contribution < -0.4 is 4.90 Å². The number of nitrogens with zero attached hydrogens (tertiary/aromatic N) is 7. The molecule has 0 unspecified atom stereocenters. The molecule has 20 heavy (non-hydrogen) atoms. The number of fused-ring (bicyclic) bond motifs is 1. The molecule has 2 aromatic rings. The molecule has 0 aliphatic carbocycles. The number of likely N-dealkylation sites (tertiary alicyclic amines) is 1. The maximum Gasteiger partial charge on any atom is 0.183 e. The van der Waals surface area contributed by atoms with Crippen LogP contribution in [0.4, 0.5) is 5.82 Å². The normalized spacial score (nSPS) is 17.8. The van der Waals surface area contributed by atoms with Crippen LogP contribution in [0.5, 0.6) is 0 Å². The minimum Gasteiger partial charge on any atom is -0.355 e. The quantitative estimate of drug-likeness (QED) is 0.824. The zero-order valence-electron chi connectivity index (χ0n) is 12.3. The monoisotopic (exact) mass is 275 g/mol. The lowest BCUT2D eigenvalue weighted by Gasteiger charge is -2.35. The Morgan fingerprint density at radius 1 is 1.30 bits per heavy atom. The van der Waals surface area contributed by atoms with Gasteiger partial charge >= 0.3 is 0 Å². The predicted molar refractivity (Wildman–Crippen MR) is 77.7 cm³/mol. The average Bonchev–Trinajstić information content (AvgIpc) is 2.90. The second-order valence-corrected chi connectivity index (χ2v) is 5.42. The molecule has 0 N–H and O–H groups in total. The minimum absolute atomic E-state index is 0.510. The number of piperidine rings is 1. The number of anilines is 1. The van der Waals surface area contributed by atoms with Gasteiger partial charge in [-0.15, -0.1) is 5.10 Å². The fourth-order valence-electron chi connectivity index (χ4n) is 2.81. The Kier molecular flexibility index (Phi) is 3.52. The Bertz CT molecular complexity index is 585. The molecule has 0 radical (unpaired) electrons. The van der Waals surface area contributed by atoms with Gasteiger partial charge in [-0.05, 0) is 39.9 Å². The van der Waals surface area contributed by atoms with E-state index in [4.69, 9.17) is 0 Å². The van der Waals surface area contributed by atoms with E-state index >= 15 is 0 Å². The van der Waals surface area contributed by atoms with Crippen molar-refractivity contribution in [3.05, 3.63) is 6.33 Å². The summed E-state index contributed by atoms with van der Waals surface area (Å²) in [5.41, 5.74) is 1.62. The average molecular weight is 275 g/mol. The summed E-state index contributed by atoms with van der Waals surface area (Å²) in [6, 6.07) is 0.510. The lowest BCUT2D eigenvalue weighted by Crippen LogP contribution is -2.42. The van der Waals surface area contributed by atoms with E-state index < -0.39 is 0 Å². The van der Waals surface area contributed by atoms with E-state index in [2.05, 4.69) is 44.2 Å². The first kappa shape index (κ1) is 13.2. The molecule has 0 spiro atoms. The molecule has 1 aliphatic rings. The van der Waals surface area contributed by atoms with Crippen molar-refractivity contribution < 1.29 is 0 Å². The van der Waals surface area contributed by atoms with Crippen LogP contribution in [0, 0.1) is 0 Å². The molecule has 0 saturated carbocycles. The summed E-state index contributed by atoms with van der Waals surface area (Å²) < 4.78 is 1.81. The zero-order chi connectivity index (χ0) is 14.1. The summed E-state index contributed by atoms with van der Waals surface area (Å²) in [7, 11) is 4.27. The van der Waals surface area contributed by atoms with Crippen molar-refractivity contribution in [2.24, 2.45) is 0 Å². The maximum atomic E-state index is 4.43. The van der Waals surface area contributed by atoms with E-state index in [1.807, 2.05) is 11.6 Å². The van der Waals surface area contributed by atoms with Crippen LogP contribution in [0.2, 0.25) is 0 Å². The van der Waals surface area contributed by atoms with Gasteiger partial charge in [0, 0.05) is 19.6 Å². The highest BCUT2D eigenvalue weighted by atomic mass is 15.4. The molecule has 1 fully saturated rings. The van der Waals surface area contributed by atoms with Crippen LogP contribution in [0.1, 0.15) is 19.8 Å². The fraction of sp³-hybridized carbons (Fsp3) is 0.692. The zero-order valence-corrected chi connectivity index (χ0v) is 12.3. The molecule has 0 bridgehead atoms. The molecule has 0 amide bonds. The first-order valence-corrected chi connectivity index (χ1v) is 7.16. The first-order valence-electron chi connectivity index (χ1n) is 7.16.